The number of amidine groups is 1. The predicted molar refractivity (Wildman–Crippen MR) is 136 cm³/mol. The van der Waals surface area contributed by atoms with Crippen molar-refractivity contribution in [2.24, 2.45) is 10.9 Å². The van der Waals surface area contributed by atoms with Crippen LogP contribution in [0.5, 0.6) is 0 Å². The summed E-state index contributed by atoms with van der Waals surface area (Å²) in [6.07, 6.45) is 1.45. The van der Waals surface area contributed by atoms with E-state index in [0.717, 1.165) is 6.07 Å². The number of thiazole rings is 1. The Bertz CT molecular complexity index is 1440. The number of hydrogen-bond acceptors (Lipinski definition) is 8. The molecule has 13 heteroatoms. The predicted octanol–water partition coefficient (Wildman–Crippen LogP) is 4.01. The number of aromatic nitrogens is 1. The average molecular weight is 579 g/mol. The minimum Gasteiger partial charge on any atom is -0.481 e. The number of alkyl halides is 2. The largest absolute Gasteiger partial charge is 0.481 e. The molecule has 1 aromatic heterocycles. The van der Waals surface area contributed by atoms with Crippen molar-refractivity contribution < 1.29 is 37.0 Å². The van der Waals surface area contributed by atoms with Crippen LogP contribution in [0.25, 0.3) is 0 Å². The van der Waals surface area contributed by atoms with Crippen LogP contribution < -0.4 is 5.32 Å². The summed E-state index contributed by atoms with van der Waals surface area (Å²) in [4.78, 5) is 35.1. The number of carboxylic acids is 1. The van der Waals surface area contributed by atoms with Crippen LogP contribution in [0.4, 0.5) is 17.6 Å². The topological polar surface area (TPSA) is 104 Å². The molecule has 2 saturated heterocycles. The summed E-state index contributed by atoms with van der Waals surface area (Å²) in [5.74, 6) is -4.06. The number of piperidine rings is 2. The lowest BCUT2D eigenvalue weighted by atomic mass is 9.84. The third-order valence-electron chi connectivity index (χ3n) is 8.70. The number of aliphatic imine (C=N–C) groups is 1. The molecular weight excluding hydrogens is 552 g/mol. The maximum Gasteiger partial charge on any atom is 0.338 e. The molecular formula is C27H26F4N4O4S. The zero-order valence-corrected chi connectivity index (χ0v) is 22.4. The summed E-state index contributed by atoms with van der Waals surface area (Å²) < 4.78 is 65.4. The molecule has 8 nitrogen and oxygen atoms in total. The van der Waals surface area contributed by atoms with Crippen LogP contribution in [0.3, 0.4) is 0 Å². The van der Waals surface area contributed by atoms with Gasteiger partial charge >= 0.3 is 11.9 Å². The standard InChI is InChI=1S/C27H26F4N4O4S/c1-12-14(3-4-15(28)21(12)29)22-20(25(38)39-2)16(33-23(34-22)24-32-5-6-40-24)10-35-17-7-13(9-19(36)37)8-18(35)27(31)11-26(17,27)30/h3-6,13,17-18,22H,7-11H2,1-2H3,(H,33,34)(H,36,37). The number of methoxy groups -OCH3 is 1. The first-order chi connectivity index (χ1) is 19.0. The van der Waals surface area contributed by atoms with Crippen LogP contribution in [0.1, 0.15) is 47.9 Å². The summed E-state index contributed by atoms with van der Waals surface area (Å²) in [6, 6.07) is -0.600. The molecule has 2 aromatic rings. The van der Waals surface area contributed by atoms with Gasteiger partial charge in [-0.1, -0.05) is 6.07 Å². The van der Waals surface area contributed by atoms with E-state index >= 15 is 8.78 Å². The van der Waals surface area contributed by atoms with E-state index in [-0.39, 0.29) is 66.4 Å². The first kappa shape index (κ1) is 26.9. The van der Waals surface area contributed by atoms with Crippen LogP contribution in [0.15, 0.2) is 40.0 Å². The average Bonchev–Trinajstić information content (AvgIpc) is 3.20. The van der Waals surface area contributed by atoms with Crippen molar-refractivity contribution >= 4 is 29.1 Å². The number of ether oxygens (including phenoxy) is 1. The van der Waals surface area contributed by atoms with Gasteiger partial charge in [-0.25, -0.2) is 27.3 Å². The van der Waals surface area contributed by atoms with Gasteiger partial charge in [0.2, 0.25) is 0 Å². The number of fused-ring (bicyclic) bond motifs is 5. The second kappa shape index (κ2) is 9.37. The minimum absolute atomic E-state index is 0.00142. The molecule has 1 aromatic carbocycles. The monoisotopic (exact) mass is 578 g/mol. The number of carbonyl (C=O) groups excluding carboxylic acids is 1. The molecule has 0 spiro atoms. The van der Waals surface area contributed by atoms with E-state index in [1.165, 1.54) is 31.4 Å². The Morgan fingerprint density at radius 3 is 2.52 bits per heavy atom. The second-order valence-corrected chi connectivity index (χ2v) is 11.7. The second-order valence-electron chi connectivity index (χ2n) is 10.8. The highest BCUT2D eigenvalue weighted by Gasteiger charge is 2.85. The van der Waals surface area contributed by atoms with Crippen molar-refractivity contribution in [1.29, 1.82) is 0 Å². The number of rotatable bonds is 7. The van der Waals surface area contributed by atoms with Gasteiger partial charge in [0.25, 0.3) is 0 Å². The Labute approximate surface area is 230 Å². The molecule has 0 amide bonds. The van der Waals surface area contributed by atoms with Gasteiger partial charge in [0.1, 0.15) is 6.04 Å². The van der Waals surface area contributed by atoms with E-state index in [2.05, 4.69) is 15.3 Å². The molecule has 1 aliphatic carbocycles. The summed E-state index contributed by atoms with van der Waals surface area (Å²) in [5.41, 5.74) is -3.78. The van der Waals surface area contributed by atoms with E-state index in [9.17, 15) is 23.5 Å². The maximum absolute atomic E-state index is 15.8. The normalized spacial score (nSPS) is 32.8. The lowest BCUT2D eigenvalue weighted by molar-refractivity contribution is -0.139. The number of carboxylic acid groups (broad SMARTS) is 1. The summed E-state index contributed by atoms with van der Waals surface area (Å²) >= 11 is 1.26. The van der Waals surface area contributed by atoms with Gasteiger partial charge in [0.05, 0.1) is 12.7 Å². The van der Waals surface area contributed by atoms with Crippen molar-refractivity contribution in [3.05, 3.63) is 62.7 Å². The highest BCUT2D eigenvalue weighted by atomic mass is 32.1. The molecule has 5 unspecified atom stereocenters. The fourth-order valence-electron chi connectivity index (χ4n) is 6.76. The Balaban J connectivity index is 1.44. The van der Waals surface area contributed by atoms with E-state index in [1.54, 1.807) is 16.5 Å². The molecule has 4 aliphatic rings. The molecule has 2 bridgehead atoms. The molecule has 0 radical (unpaired) electrons. The van der Waals surface area contributed by atoms with Crippen molar-refractivity contribution in [2.45, 2.75) is 62.1 Å². The van der Waals surface area contributed by atoms with Gasteiger partial charge in [-0.2, -0.15) is 0 Å². The van der Waals surface area contributed by atoms with Gasteiger partial charge in [-0.3, -0.25) is 14.7 Å². The summed E-state index contributed by atoms with van der Waals surface area (Å²) in [6.45, 7) is 1.28. The van der Waals surface area contributed by atoms with Crippen molar-refractivity contribution in [3.63, 3.8) is 0 Å². The van der Waals surface area contributed by atoms with Gasteiger partial charge in [0.15, 0.2) is 33.8 Å². The van der Waals surface area contributed by atoms with E-state index in [1.807, 2.05) is 0 Å². The number of aliphatic carboxylic acids is 1. The van der Waals surface area contributed by atoms with Gasteiger partial charge < -0.3 is 15.2 Å². The molecule has 3 aliphatic heterocycles. The molecule has 5 atom stereocenters. The zero-order valence-electron chi connectivity index (χ0n) is 21.6. The number of nitrogens with zero attached hydrogens (tertiary/aromatic N) is 3. The number of esters is 1. The fourth-order valence-corrected chi connectivity index (χ4v) is 7.35. The number of benzene rings is 1. The summed E-state index contributed by atoms with van der Waals surface area (Å²) in [7, 11) is 1.17. The molecule has 1 saturated carbocycles. The zero-order chi connectivity index (χ0) is 28.6. The number of nitrogens with one attached hydrogen (secondary N) is 1. The Kier molecular flexibility index (Phi) is 6.30. The first-order valence-corrected chi connectivity index (χ1v) is 13.7. The maximum atomic E-state index is 15.8. The quantitative estimate of drug-likeness (QED) is 0.378. The Hall–Kier alpha value is -3.32. The lowest BCUT2D eigenvalue weighted by Crippen LogP contribution is -2.52. The molecule has 4 heterocycles. The number of halogens is 4. The van der Waals surface area contributed by atoms with Crippen LogP contribution in [-0.4, -0.2) is 69.8 Å². The Morgan fingerprint density at radius 1 is 1.23 bits per heavy atom. The molecule has 40 heavy (non-hydrogen) atoms. The van der Waals surface area contributed by atoms with Crippen molar-refractivity contribution in [1.82, 2.24) is 15.2 Å². The number of carbonyl (C=O) groups is 2. The van der Waals surface area contributed by atoms with E-state index < -0.39 is 53.0 Å². The van der Waals surface area contributed by atoms with Crippen LogP contribution >= 0.6 is 11.3 Å². The minimum atomic E-state index is -2.10. The molecule has 212 valence electrons. The third-order valence-corrected chi connectivity index (χ3v) is 9.48. The molecule has 6 rings (SSSR count). The van der Waals surface area contributed by atoms with Crippen molar-refractivity contribution in [2.75, 3.05) is 13.7 Å². The van der Waals surface area contributed by atoms with E-state index in [4.69, 9.17) is 4.74 Å². The van der Waals surface area contributed by atoms with Crippen molar-refractivity contribution in [3.8, 4) is 0 Å². The van der Waals surface area contributed by atoms with Crippen LogP contribution in [0, 0.1) is 24.5 Å². The van der Waals surface area contributed by atoms with E-state index in [0.29, 0.717) is 5.01 Å². The lowest BCUT2D eigenvalue weighted by Gasteiger charge is -2.42. The SMILES string of the molecule is COC(=O)C1=C(CN2C3CC(CC(=O)O)CC2C2(F)CC32F)NC(c2nccs2)=NC1c1ccc(F)c(F)c1C. The molecule has 2 N–H and O–H groups in total. The summed E-state index contributed by atoms with van der Waals surface area (Å²) in [5, 5.41) is 14.6. The van der Waals surface area contributed by atoms with Gasteiger partial charge in [0, 0.05) is 48.7 Å². The first-order valence-electron chi connectivity index (χ1n) is 12.8. The molecule has 3 fully saturated rings. The fraction of sp³-hybridized carbons (Fsp3) is 0.481. The number of hydrogen-bond donors (Lipinski definition) is 2. The highest BCUT2D eigenvalue weighted by Crippen LogP contribution is 2.70. The Morgan fingerprint density at radius 2 is 1.93 bits per heavy atom. The van der Waals surface area contributed by atoms with Gasteiger partial charge in [-0.05, 0) is 42.9 Å². The van der Waals surface area contributed by atoms with Crippen LogP contribution in [0.2, 0.25) is 0 Å². The smallest absolute Gasteiger partial charge is 0.338 e. The highest BCUT2D eigenvalue weighted by molar-refractivity contribution is 7.11. The van der Waals surface area contributed by atoms with Crippen LogP contribution in [-0.2, 0) is 14.3 Å². The third kappa shape index (κ3) is 3.96. The van der Waals surface area contributed by atoms with Gasteiger partial charge in [-0.15, -0.1) is 11.3 Å².